The molecule has 0 amide bonds. The lowest BCUT2D eigenvalue weighted by atomic mass is 9.98. The molecule has 0 saturated heterocycles. The minimum absolute atomic E-state index is 0. The summed E-state index contributed by atoms with van der Waals surface area (Å²) in [5, 5.41) is 9.34. The number of phenols is 1. The molecule has 0 aromatic heterocycles. The zero-order valence-electron chi connectivity index (χ0n) is 14.1. The van der Waals surface area contributed by atoms with Gasteiger partial charge in [-0.2, -0.15) is 0 Å². The first-order valence-electron chi connectivity index (χ1n) is 7.93. The Bertz CT molecular complexity index is 673. The molecule has 130 valence electrons. The molecule has 0 spiro atoms. The highest BCUT2D eigenvalue weighted by Gasteiger charge is 2.19. The summed E-state index contributed by atoms with van der Waals surface area (Å²) >= 11 is 0. The van der Waals surface area contributed by atoms with Crippen molar-refractivity contribution in [2.24, 2.45) is 0 Å². The number of hydrogen-bond acceptors (Lipinski definition) is 4. The molecule has 2 aromatic carbocycles. The first kappa shape index (κ1) is 18.4. The van der Waals surface area contributed by atoms with Gasteiger partial charge in [0, 0.05) is 19.6 Å². The summed E-state index contributed by atoms with van der Waals surface area (Å²) in [4.78, 5) is 2.46. The highest BCUT2D eigenvalue weighted by Crippen LogP contribution is 2.33. The van der Waals surface area contributed by atoms with E-state index in [1.807, 2.05) is 12.1 Å². The first-order chi connectivity index (χ1) is 11.2. The van der Waals surface area contributed by atoms with Gasteiger partial charge in [-0.3, -0.25) is 4.90 Å². The van der Waals surface area contributed by atoms with Gasteiger partial charge in [0.15, 0.2) is 11.5 Å². The third-order valence-corrected chi connectivity index (χ3v) is 4.45. The summed E-state index contributed by atoms with van der Waals surface area (Å²) in [6.07, 6.45) is 2.02. The van der Waals surface area contributed by atoms with Gasteiger partial charge in [-0.1, -0.05) is 12.1 Å². The highest BCUT2D eigenvalue weighted by molar-refractivity contribution is 5.85. The molecule has 0 unspecified atom stereocenters. The van der Waals surface area contributed by atoms with Crippen molar-refractivity contribution in [1.82, 2.24) is 4.90 Å². The van der Waals surface area contributed by atoms with Gasteiger partial charge in [-0.15, -0.1) is 12.4 Å². The van der Waals surface area contributed by atoms with E-state index >= 15 is 0 Å². The predicted molar refractivity (Wildman–Crippen MR) is 97.6 cm³/mol. The van der Waals surface area contributed by atoms with Gasteiger partial charge in [0.25, 0.3) is 0 Å². The van der Waals surface area contributed by atoms with Crippen molar-refractivity contribution in [2.45, 2.75) is 19.4 Å². The molecule has 1 N–H and O–H groups in total. The van der Waals surface area contributed by atoms with Crippen molar-refractivity contribution >= 4 is 12.4 Å². The molecule has 1 aliphatic heterocycles. The summed E-state index contributed by atoms with van der Waals surface area (Å²) in [7, 11) is 3.35. The van der Waals surface area contributed by atoms with Crippen LogP contribution < -0.4 is 9.47 Å². The van der Waals surface area contributed by atoms with E-state index in [2.05, 4.69) is 17.0 Å². The number of rotatable bonds is 5. The highest BCUT2D eigenvalue weighted by atomic mass is 35.5. The van der Waals surface area contributed by atoms with E-state index in [9.17, 15) is 5.11 Å². The Labute approximate surface area is 149 Å². The van der Waals surface area contributed by atoms with E-state index in [-0.39, 0.29) is 12.4 Å². The molecule has 4 nitrogen and oxygen atoms in total. The SMILES string of the molecule is COc1cc2c(cc1OC)CN(CCc1ccc(O)cc1)CC2.Cl. The summed E-state index contributed by atoms with van der Waals surface area (Å²) in [6.45, 7) is 3.01. The van der Waals surface area contributed by atoms with Crippen LogP contribution in [0.4, 0.5) is 0 Å². The average molecular weight is 350 g/mol. The molecule has 0 aliphatic carbocycles. The monoisotopic (exact) mass is 349 g/mol. The first-order valence-corrected chi connectivity index (χ1v) is 7.93. The van der Waals surface area contributed by atoms with Crippen molar-refractivity contribution in [1.29, 1.82) is 0 Å². The Kier molecular flexibility index (Phi) is 6.35. The number of phenolic OH excluding ortho intramolecular Hbond substituents is 1. The number of aromatic hydroxyl groups is 1. The second-order valence-corrected chi connectivity index (χ2v) is 5.92. The van der Waals surface area contributed by atoms with Crippen LogP contribution in [0.1, 0.15) is 16.7 Å². The summed E-state index contributed by atoms with van der Waals surface area (Å²) in [6, 6.07) is 11.7. The van der Waals surface area contributed by atoms with Crippen LogP contribution in [0, 0.1) is 0 Å². The van der Waals surface area contributed by atoms with Gasteiger partial charge in [0.05, 0.1) is 14.2 Å². The third kappa shape index (κ3) is 4.13. The van der Waals surface area contributed by atoms with E-state index in [0.717, 1.165) is 44.0 Å². The number of fused-ring (bicyclic) bond motifs is 1. The maximum absolute atomic E-state index is 9.34. The fourth-order valence-corrected chi connectivity index (χ4v) is 3.08. The maximum atomic E-state index is 9.34. The summed E-state index contributed by atoms with van der Waals surface area (Å²) in [5.74, 6) is 1.93. The molecule has 0 atom stereocenters. The molecule has 1 heterocycles. The molecule has 24 heavy (non-hydrogen) atoms. The molecule has 2 aromatic rings. The van der Waals surface area contributed by atoms with E-state index in [1.54, 1.807) is 26.4 Å². The predicted octanol–water partition coefficient (Wildman–Crippen LogP) is 3.43. The number of benzene rings is 2. The Balaban J connectivity index is 0.00000208. The van der Waals surface area contributed by atoms with Crippen molar-refractivity contribution in [3.05, 3.63) is 53.1 Å². The zero-order valence-corrected chi connectivity index (χ0v) is 14.9. The molecular formula is C19H24ClNO3. The van der Waals surface area contributed by atoms with Crippen molar-refractivity contribution in [3.63, 3.8) is 0 Å². The topological polar surface area (TPSA) is 41.9 Å². The quantitative estimate of drug-likeness (QED) is 0.898. The average Bonchev–Trinajstić information content (AvgIpc) is 2.59. The lowest BCUT2D eigenvalue weighted by Gasteiger charge is -2.29. The van der Waals surface area contributed by atoms with Crippen LogP contribution in [0.3, 0.4) is 0 Å². The largest absolute Gasteiger partial charge is 0.508 e. The Hall–Kier alpha value is -1.91. The van der Waals surface area contributed by atoms with Gasteiger partial charge in [0.1, 0.15) is 5.75 Å². The molecule has 3 rings (SSSR count). The van der Waals surface area contributed by atoms with E-state index in [0.29, 0.717) is 5.75 Å². The minimum atomic E-state index is 0. The third-order valence-electron chi connectivity index (χ3n) is 4.45. The fourth-order valence-electron chi connectivity index (χ4n) is 3.08. The lowest BCUT2D eigenvalue weighted by molar-refractivity contribution is 0.255. The molecule has 0 bridgehead atoms. The normalized spacial score (nSPS) is 13.8. The minimum Gasteiger partial charge on any atom is -0.508 e. The van der Waals surface area contributed by atoms with E-state index < -0.39 is 0 Å². The van der Waals surface area contributed by atoms with Crippen molar-refractivity contribution in [2.75, 3.05) is 27.3 Å². The maximum Gasteiger partial charge on any atom is 0.161 e. The smallest absolute Gasteiger partial charge is 0.161 e. The second kappa shape index (κ2) is 8.27. The Morgan fingerprint density at radius 3 is 2.25 bits per heavy atom. The molecule has 5 heteroatoms. The number of nitrogens with zero attached hydrogens (tertiary/aromatic N) is 1. The van der Waals surface area contributed by atoms with Gasteiger partial charge >= 0.3 is 0 Å². The van der Waals surface area contributed by atoms with Gasteiger partial charge in [0.2, 0.25) is 0 Å². The second-order valence-electron chi connectivity index (χ2n) is 5.92. The number of hydrogen-bond donors (Lipinski definition) is 1. The molecular weight excluding hydrogens is 326 g/mol. The molecule has 1 aliphatic rings. The standard InChI is InChI=1S/C19H23NO3.ClH/c1-22-18-11-15-8-10-20(13-16(15)12-19(18)23-2)9-7-14-3-5-17(21)6-4-14;/h3-6,11-12,21H,7-10,13H2,1-2H3;1H. The van der Waals surface area contributed by atoms with E-state index in [1.165, 1.54) is 16.7 Å². The van der Waals surface area contributed by atoms with Crippen LogP contribution in [0.15, 0.2) is 36.4 Å². The fraction of sp³-hybridized carbons (Fsp3) is 0.368. The van der Waals surface area contributed by atoms with Crippen LogP contribution >= 0.6 is 12.4 Å². The van der Waals surface area contributed by atoms with Gasteiger partial charge in [-0.25, -0.2) is 0 Å². The van der Waals surface area contributed by atoms with Crippen LogP contribution in [-0.2, 0) is 19.4 Å². The number of methoxy groups -OCH3 is 2. The molecule has 0 radical (unpaired) electrons. The Morgan fingerprint density at radius 2 is 1.62 bits per heavy atom. The Morgan fingerprint density at radius 1 is 1.00 bits per heavy atom. The zero-order chi connectivity index (χ0) is 16.2. The summed E-state index contributed by atoms with van der Waals surface area (Å²) in [5.41, 5.74) is 3.92. The van der Waals surface area contributed by atoms with Gasteiger partial charge in [-0.05, 0) is 53.8 Å². The summed E-state index contributed by atoms with van der Waals surface area (Å²) < 4.78 is 10.8. The number of ether oxygens (including phenoxy) is 2. The van der Waals surface area contributed by atoms with Crippen LogP contribution in [0.5, 0.6) is 17.2 Å². The van der Waals surface area contributed by atoms with Crippen LogP contribution in [0.25, 0.3) is 0 Å². The van der Waals surface area contributed by atoms with Crippen molar-refractivity contribution in [3.8, 4) is 17.2 Å². The number of halogens is 1. The van der Waals surface area contributed by atoms with Crippen LogP contribution in [0.2, 0.25) is 0 Å². The molecule has 0 fully saturated rings. The van der Waals surface area contributed by atoms with E-state index in [4.69, 9.17) is 9.47 Å². The lowest BCUT2D eigenvalue weighted by Crippen LogP contribution is -2.32. The van der Waals surface area contributed by atoms with Crippen molar-refractivity contribution < 1.29 is 14.6 Å². The molecule has 0 saturated carbocycles. The van der Waals surface area contributed by atoms with Crippen LogP contribution in [-0.4, -0.2) is 37.3 Å². The van der Waals surface area contributed by atoms with Gasteiger partial charge < -0.3 is 14.6 Å².